The predicted octanol–water partition coefficient (Wildman–Crippen LogP) is 2.06. The van der Waals surface area contributed by atoms with Crippen LogP contribution in [0.25, 0.3) is 0 Å². The number of ketones is 1. The van der Waals surface area contributed by atoms with Crippen LogP contribution in [0.5, 0.6) is 0 Å². The zero-order valence-electron chi connectivity index (χ0n) is 6.13. The maximum Gasteiger partial charge on any atom is 0.162 e. The summed E-state index contributed by atoms with van der Waals surface area (Å²) in [6, 6.07) is 0. The molecule has 0 aromatic heterocycles. The van der Waals surface area contributed by atoms with E-state index < -0.39 is 0 Å². The minimum absolute atomic E-state index is 0.264. The fourth-order valence-corrected chi connectivity index (χ4v) is 0.985. The molecule has 1 aliphatic rings. The van der Waals surface area contributed by atoms with Gasteiger partial charge in [0.25, 0.3) is 0 Å². The Bertz CT molecular complexity index is 187. The number of allylic oxidation sites excluding steroid dienone is 4. The Morgan fingerprint density at radius 3 is 3.10 bits per heavy atom. The highest BCUT2D eigenvalue weighted by Gasteiger charge is 2.07. The first kappa shape index (κ1) is 7.26. The molecule has 0 spiro atoms. The molecule has 1 aliphatic carbocycles. The Morgan fingerprint density at radius 2 is 2.50 bits per heavy atom. The first-order valence-electron chi connectivity index (χ1n) is 3.51. The zero-order chi connectivity index (χ0) is 7.40. The van der Waals surface area contributed by atoms with Gasteiger partial charge in [0.1, 0.15) is 0 Å². The molecule has 0 saturated carbocycles. The summed E-state index contributed by atoms with van der Waals surface area (Å²) in [5.74, 6) is 0.264. The lowest BCUT2D eigenvalue weighted by Gasteiger charge is -2.04. The SMILES string of the molecule is C[CH]CC1=CC=CCC1=O. The van der Waals surface area contributed by atoms with Crippen LogP contribution in [0.2, 0.25) is 0 Å². The second-order valence-electron chi connectivity index (χ2n) is 2.36. The maximum atomic E-state index is 11.0. The Kier molecular flexibility index (Phi) is 2.43. The third kappa shape index (κ3) is 1.56. The van der Waals surface area contributed by atoms with Crippen LogP contribution in [0, 0.1) is 6.42 Å². The molecule has 53 valence electrons. The summed E-state index contributed by atoms with van der Waals surface area (Å²) >= 11 is 0. The monoisotopic (exact) mass is 135 g/mol. The molecule has 0 saturated heterocycles. The summed E-state index contributed by atoms with van der Waals surface area (Å²) < 4.78 is 0. The van der Waals surface area contributed by atoms with Crippen molar-refractivity contribution in [2.45, 2.75) is 19.8 Å². The van der Waals surface area contributed by atoms with Gasteiger partial charge in [-0.15, -0.1) is 0 Å². The molecule has 0 N–H and O–H groups in total. The number of carbonyl (C=O) groups excluding carboxylic acids is 1. The summed E-state index contributed by atoms with van der Waals surface area (Å²) in [6.45, 7) is 1.96. The molecule has 0 heterocycles. The van der Waals surface area contributed by atoms with Crippen LogP contribution in [0.15, 0.2) is 23.8 Å². The summed E-state index contributed by atoms with van der Waals surface area (Å²) in [4.78, 5) is 11.0. The van der Waals surface area contributed by atoms with Gasteiger partial charge in [0, 0.05) is 6.42 Å². The highest BCUT2D eigenvalue weighted by atomic mass is 16.1. The van der Waals surface area contributed by atoms with Crippen molar-refractivity contribution in [3.8, 4) is 0 Å². The maximum absolute atomic E-state index is 11.0. The van der Waals surface area contributed by atoms with E-state index in [0.717, 1.165) is 12.0 Å². The number of carbonyl (C=O) groups is 1. The number of hydrogen-bond acceptors (Lipinski definition) is 1. The van der Waals surface area contributed by atoms with E-state index in [-0.39, 0.29) is 5.78 Å². The van der Waals surface area contributed by atoms with Crippen molar-refractivity contribution >= 4 is 5.78 Å². The van der Waals surface area contributed by atoms with Crippen molar-refractivity contribution < 1.29 is 4.79 Å². The summed E-state index contributed by atoms with van der Waals surface area (Å²) in [7, 11) is 0. The third-order valence-electron chi connectivity index (χ3n) is 1.52. The van der Waals surface area contributed by atoms with Crippen molar-refractivity contribution in [2.75, 3.05) is 0 Å². The molecular formula is C9H11O. The molecule has 0 amide bonds. The highest BCUT2D eigenvalue weighted by molar-refractivity contribution is 5.97. The number of hydrogen-bond donors (Lipinski definition) is 0. The van der Waals surface area contributed by atoms with Crippen LogP contribution in [0.4, 0.5) is 0 Å². The van der Waals surface area contributed by atoms with Crippen LogP contribution in [0.1, 0.15) is 19.8 Å². The third-order valence-corrected chi connectivity index (χ3v) is 1.52. The van der Waals surface area contributed by atoms with Crippen LogP contribution < -0.4 is 0 Å². The fraction of sp³-hybridized carbons (Fsp3) is 0.333. The molecule has 0 bridgehead atoms. The molecule has 0 aliphatic heterocycles. The summed E-state index contributed by atoms with van der Waals surface area (Å²) in [5.41, 5.74) is 0.935. The topological polar surface area (TPSA) is 17.1 Å². The minimum atomic E-state index is 0.264. The predicted molar refractivity (Wildman–Crippen MR) is 41.4 cm³/mol. The van der Waals surface area contributed by atoms with Gasteiger partial charge in [-0.2, -0.15) is 0 Å². The smallest absolute Gasteiger partial charge is 0.162 e. The van der Waals surface area contributed by atoms with E-state index >= 15 is 0 Å². The van der Waals surface area contributed by atoms with Crippen LogP contribution >= 0.6 is 0 Å². The largest absolute Gasteiger partial charge is 0.294 e. The lowest BCUT2D eigenvalue weighted by Crippen LogP contribution is -2.03. The van der Waals surface area contributed by atoms with Gasteiger partial charge >= 0.3 is 0 Å². The molecule has 1 nitrogen and oxygen atoms in total. The molecule has 10 heavy (non-hydrogen) atoms. The average Bonchev–Trinajstić information content (AvgIpc) is 1.94. The van der Waals surface area contributed by atoms with Gasteiger partial charge in [0.15, 0.2) is 5.78 Å². The van der Waals surface area contributed by atoms with Crippen molar-refractivity contribution in [2.24, 2.45) is 0 Å². The molecular weight excluding hydrogens is 124 g/mol. The standard InChI is InChI=1S/C9H11O/c1-2-5-8-6-3-4-7-9(8)10/h2-4,6H,5,7H2,1H3. The van der Waals surface area contributed by atoms with Gasteiger partial charge < -0.3 is 0 Å². The highest BCUT2D eigenvalue weighted by Crippen LogP contribution is 2.12. The van der Waals surface area contributed by atoms with Gasteiger partial charge in [-0.1, -0.05) is 25.2 Å². The molecule has 0 fully saturated rings. The van der Waals surface area contributed by atoms with Gasteiger partial charge in [-0.25, -0.2) is 0 Å². The minimum Gasteiger partial charge on any atom is -0.294 e. The molecule has 0 aromatic rings. The summed E-state index contributed by atoms with van der Waals surface area (Å²) in [5, 5.41) is 0. The second kappa shape index (κ2) is 3.35. The van der Waals surface area contributed by atoms with E-state index in [4.69, 9.17) is 0 Å². The Labute approximate surface area is 61.4 Å². The van der Waals surface area contributed by atoms with Gasteiger partial charge in [-0.3, -0.25) is 4.79 Å². The van der Waals surface area contributed by atoms with E-state index in [0.29, 0.717) is 6.42 Å². The van der Waals surface area contributed by atoms with Crippen molar-refractivity contribution in [1.29, 1.82) is 0 Å². The summed E-state index contributed by atoms with van der Waals surface area (Å²) in [6.07, 6.45) is 9.12. The average molecular weight is 135 g/mol. The molecule has 0 unspecified atom stereocenters. The Balaban J connectivity index is 2.61. The van der Waals surface area contributed by atoms with Gasteiger partial charge in [0.2, 0.25) is 0 Å². The van der Waals surface area contributed by atoms with E-state index in [2.05, 4.69) is 0 Å². The van der Waals surface area contributed by atoms with E-state index in [9.17, 15) is 4.79 Å². The first-order valence-corrected chi connectivity index (χ1v) is 3.51. The van der Waals surface area contributed by atoms with Crippen LogP contribution in [0.3, 0.4) is 0 Å². The molecule has 1 radical (unpaired) electrons. The van der Waals surface area contributed by atoms with E-state index in [1.54, 1.807) is 0 Å². The number of Topliss-reactive ketones (excluding diaryl/α,β-unsaturated/α-hetero) is 1. The van der Waals surface area contributed by atoms with E-state index in [1.807, 2.05) is 31.6 Å². The number of rotatable bonds is 2. The second-order valence-corrected chi connectivity index (χ2v) is 2.36. The quantitative estimate of drug-likeness (QED) is 0.566. The van der Waals surface area contributed by atoms with Gasteiger partial charge in [-0.05, 0) is 18.4 Å². The van der Waals surface area contributed by atoms with Crippen molar-refractivity contribution in [3.05, 3.63) is 30.2 Å². The van der Waals surface area contributed by atoms with Gasteiger partial charge in [0.05, 0.1) is 0 Å². The zero-order valence-corrected chi connectivity index (χ0v) is 6.13. The molecule has 0 atom stereocenters. The Hall–Kier alpha value is -0.850. The Morgan fingerprint density at radius 1 is 1.70 bits per heavy atom. The van der Waals surface area contributed by atoms with Crippen molar-refractivity contribution in [1.82, 2.24) is 0 Å². The van der Waals surface area contributed by atoms with Crippen molar-refractivity contribution in [3.63, 3.8) is 0 Å². The molecule has 1 heteroatoms. The van der Waals surface area contributed by atoms with Crippen LogP contribution in [-0.4, -0.2) is 5.78 Å². The normalized spacial score (nSPS) is 17.3. The lowest BCUT2D eigenvalue weighted by atomic mass is 10.00. The first-order chi connectivity index (χ1) is 4.84. The van der Waals surface area contributed by atoms with E-state index in [1.165, 1.54) is 0 Å². The lowest BCUT2D eigenvalue weighted by molar-refractivity contribution is -0.115. The van der Waals surface area contributed by atoms with Crippen LogP contribution in [-0.2, 0) is 4.79 Å². The fourth-order valence-electron chi connectivity index (χ4n) is 0.985. The molecule has 1 rings (SSSR count). The molecule has 0 aromatic carbocycles.